The number of fused-ring (bicyclic) bond motifs is 1. The summed E-state index contributed by atoms with van der Waals surface area (Å²) in [5.41, 5.74) is 8.93. The summed E-state index contributed by atoms with van der Waals surface area (Å²) in [7, 11) is 3.92. The van der Waals surface area contributed by atoms with Gasteiger partial charge in [-0.3, -0.25) is 4.79 Å². The van der Waals surface area contributed by atoms with E-state index in [0.717, 1.165) is 37.1 Å². The lowest BCUT2D eigenvalue weighted by Crippen LogP contribution is -2.34. The van der Waals surface area contributed by atoms with Crippen molar-refractivity contribution in [2.45, 2.75) is 37.8 Å². The van der Waals surface area contributed by atoms with Crippen molar-refractivity contribution in [2.75, 3.05) is 40.4 Å². The van der Waals surface area contributed by atoms with Gasteiger partial charge in [0.05, 0.1) is 6.10 Å². The number of aliphatic hydroxyl groups is 1. The zero-order chi connectivity index (χ0) is 23.6. The summed E-state index contributed by atoms with van der Waals surface area (Å²) in [5.74, 6) is 1.39. The second-order valence-corrected chi connectivity index (χ2v) is 8.99. The maximum absolute atomic E-state index is 12.0. The summed E-state index contributed by atoms with van der Waals surface area (Å²) < 4.78 is 11.4. The number of benzene rings is 2. The molecule has 1 aliphatic carbocycles. The van der Waals surface area contributed by atoms with Gasteiger partial charge in [0.1, 0.15) is 18.1 Å². The van der Waals surface area contributed by atoms with Crippen LogP contribution >= 0.6 is 24.8 Å². The number of hydrogen-bond donors (Lipinski definition) is 3. The number of para-hydroxylation sites is 1. The molecule has 1 amide bonds. The molecule has 3 atom stereocenters. The van der Waals surface area contributed by atoms with Gasteiger partial charge in [0.25, 0.3) is 5.91 Å². The molecule has 0 saturated carbocycles. The summed E-state index contributed by atoms with van der Waals surface area (Å²) in [5, 5.41) is 13.4. The summed E-state index contributed by atoms with van der Waals surface area (Å²) >= 11 is 0. The van der Waals surface area contributed by atoms with Crippen LogP contribution in [0.2, 0.25) is 0 Å². The molecule has 4 N–H and O–H groups in total. The molecule has 7 nitrogen and oxygen atoms in total. The Morgan fingerprint density at radius 2 is 1.89 bits per heavy atom. The van der Waals surface area contributed by atoms with E-state index < -0.39 is 6.10 Å². The number of likely N-dealkylation sites (N-methyl/N-ethyl adjacent to an activating group) is 1. The lowest BCUT2D eigenvalue weighted by molar-refractivity contribution is -0.123. The van der Waals surface area contributed by atoms with Crippen molar-refractivity contribution in [3.05, 3.63) is 59.7 Å². The maximum Gasteiger partial charge on any atom is 0.257 e. The number of carbonyl (C=O) groups excluding carboxylic acids is 1. The number of hydrogen-bond acceptors (Lipinski definition) is 6. The van der Waals surface area contributed by atoms with Crippen LogP contribution in [0.4, 0.5) is 0 Å². The Bertz CT molecular complexity index is 886. The third kappa shape index (κ3) is 10.2. The van der Waals surface area contributed by atoms with E-state index in [2.05, 4.69) is 5.32 Å². The largest absolute Gasteiger partial charge is 0.491 e. The molecule has 3 rings (SSSR count). The average molecular weight is 529 g/mol. The molecule has 0 spiro atoms. The van der Waals surface area contributed by atoms with Crippen LogP contribution in [0.15, 0.2) is 48.5 Å². The van der Waals surface area contributed by atoms with E-state index in [-0.39, 0.29) is 55.9 Å². The van der Waals surface area contributed by atoms with Crippen LogP contribution in [0.1, 0.15) is 36.4 Å². The van der Waals surface area contributed by atoms with E-state index in [0.29, 0.717) is 18.7 Å². The second kappa shape index (κ2) is 15.9. The van der Waals surface area contributed by atoms with Crippen LogP contribution in [-0.4, -0.2) is 62.4 Å². The van der Waals surface area contributed by atoms with Crippen LogP contribution < -0.4 is 20.5 Å². The fourth-order valence-electron chi connectivity index (χ4n) is 4.20. The van der Waals surface area contributed by atoms with Crippen LogP contribution in [0, 0.1) is 5.92 Å². The molecule has 2 unspecified atom stereocenters. The van der Waals surface area contributed by atoms with Gasteiger partial charge in [-0.05, 0) is 81.1 Å². The number of nitrogens with zero attached hydrogens (tertiary/aromatic N) is 1. The molecule has 35 heavy (non-hydrogen) atoms. The topological polar surface area (TPSA) is 97.1 Å². The summed E-state index contributed by atoms with van der Waals surface area (Å²) in [6, 6.07) is 15.2. The van der Waals surface area contributed by atoms with E-state index in [9.17, 15) is 9.90 Å². The molecule has 2 aromatic rings. The van der Waals surface area contributed by atoms with Crippen molar-refractivity contribution in [1.82, 2.24) is 10.2 Å². The minimum absolute atomic E-state index is 0. The van der Waals surface area contributed by atoms with E-state index >= 15 is 0 Å². The highest BCUT2D eigenvalue weighted by atomic mass is 35.5. The Morgan fingerprint density at radius 1 is 1.14 bits per heavy atom. The van der Waals surface area contributed by atoms with Gasteiger partial charge < -0.3 is 30.5 Å². The molecule has 0 fully saturated rings. The molecule has 0 heterocycles. The molecular weight excluding hydrogens is 489 g/mol. The van der Waals surface area contributed by atoms with Crippen LogP contribution in [-0.2, 0) is 11.2 Å². The van der Waals surface area contributed by atoms with Crippen LogP contribution in [0.25, 0.3) is 0 Å². The van der Waals surface area contributed by atoms with Crippen molar-refractivity contribution in [3.8, 4) is 11.5 Å². The van der Waals surface area contributed by atoms with Gasteiger partial charge in [-0.1, -0.05) is 24.3 Å². The van der Waals surface area contributed by atoms with Gasteiger partial charge in [-0.15, -0.1) is 24.8 Å². The lowest BCUT2D eigenvalue weighted by atomic mass is 9.87. The quantitative estimate of drug-likeness (QED) is 0.387. The molecule has 0 radical (unpaired) electrons. The second-order valence-electron chi connectivity index (χ2n) is 8.99. The third-order valence-corrected chi connectivity index (χ3v) is 6.02. The highest BCUT2D eigenvalue weighted by molar-refractivity contribution is 5.85. The molecule has 2 aromatic carbocycles. The van der Waals surface area contributed by atoms with Crippen LogP contribution in [0.5, 0.6) is 11.5 Å². The maximum atomic E-state index is 12.0. The first-order valence-electron chi connectivity index (χ1n) is 11.7. The predicted octanol–water partition coefficient (Wildman–Crippen LogP) is 3.37. The van der Waals surface area contributed by atoms with Crippen molar-refractivity contribution in [3.63, 3.8) is 0 Å². The number of aliphatic hydroxyl groups excluding tert-OH is 1. The SMILES string of the molecule is CN(C)CCNC(=O)COc1ccc2c(c1)C(N)C(C[C@H](O)COc1ccccc1)CCC2.Cl.Cl. The van der Waals surface area contributed by atoms with Gasteiger partial charge in [0.15, 0.2) is 6.61 Å². The number of rotatable bonds is 11. The summed E-state index contributed by atoms with van der Waals surface area (Å²) in [4.78, 5) is 14.0. The first-order valence-corrected chi connectivity index (χ1v) is 11.7. The van der Waals surface area contributed by atoms with Crippen molar-refractivity contribution in [1.29, 1.82) is 0 Å². The molecule has 0 aromatic heterocycles. The van der Waals surface area contributed by atoms with Gasteiger partial charge in [0, 0.05) is 19.1 Å². The molecule has 0 bridgehead atoms. The molecule has 1 aliphatic rings. The van der Waals surface area contributed by atoms with Gasteiger partial charge >= 0.3 is 0 Å². The molecule has 0 aliphatic heterocycles. The fraction of sp³-hybridized carbons (Fsp3) is 0.500. The van der Waals surface area contributed by atoms with Gasteiger partial charge in [-0.2, -0.15) is 0 Å². The molecular formula is C26H39Cl2N3O4. The van der Waals surface area contributed by atoms with Crippen LogP contribution in [0.3, 0.4) is 0 Å². The first-order chi connectivity index (χ1) is 15.9. The average Bonchev–Trinajstić information content (AvgIpc) is 2.95. The number of ether oxygens (including phenoxy) is 2. The van der Waals surface area contributed by atoms with Gasteiger partial charge in [-0.25, -0.2) is 0 Å². The Morgan fingerprint density at radius 3 is 2.60 bits per heavy atom. The van der Waals surface area contributed by atoms with Crippen molar-refractivity contribution in [2.24, 2.45) is 11.7 Å². The number of nitrogens with two attached hydrogens (primary N) is 1. The zero-order valence-corrected chi connectivity index (χ0v) is 22.2. The fourth-order valence-corrected chi connectivity index (χ4v) is 4.20. The Hall–Kier alpha value is -2.03. The highest BCUT2D eigenvalue weighted by Gasteiger charge is 2.27. The number of carbonyl (C=O) groups is 1. The molecule has 196 valence electrons. The lowest BCUT2D eigenvalue weighted by Gasteiger charge is -2.25. The standard InChI is InChI=1S/C26H37N3O4.2ClH/c1-29(2)14-13-28-25(31)18-33-23-12-11-19-7-6-8-20(26(27)24(19)16-23)15-21(30)17-32-22-9-4-3-5-10-22;;/h3-5,9-12,16,20-21,26,30H,6-8,13-15,17-18,27H2,1-2H3,(H,28,31);2*1H/t20?,21-,26?;;/m0../s1. The normalized spacial score (nSPS) is 17.7. The summed E-state index contributed by atoms with van der Waals surface area (Å²) in [6.45, 7) is 1.58. The zero-order valence-electron chi connectivity index (χ0n) is 20.5. The van der Waals surface area contributed by atoms with Crippen molar-refractivity contribution >= 4 is 30.7 Å². The Kier molecular flexibility index (Phi) is 14.0. The van der Waals surface area contributed by atoms with E-state index in [1.165, 1.54) is 5.56 Å². The molecule has 9 heteroatoms. The highest BCUT2D eigenvalue weighted by Crippen LogP contribution is 2.36. The Labute approximate surface area is 221 Å². The number of aryl methyl sites for hydroxylation is 1. The predicted molar refractivity (Wildman–Crippen MR) is 144 cm³/mol. The minimum atomic E-state index is -0.590. The third-order valence-electron chi connectivity index (χ3n) is 6.02. The Balaban J connectivity index is 0.00000306. The first kappa shape index (κ1) is 31.0. The van der Waals surface area contributed by atoms with E-state index in [1.54, 1.807) is 0 Å². The van der Waals surface area contributed by atoms with Gasteiger partial charge in [0.2, 0.25) is 0 Å². The number of amides is 1. The monoisotopic (exact) mass is 527 g/mol. The summed E-state index contributed by atoms with van der Waals surface area (Å²) in [6.07, 6.45) is 2.90. The molecule has 0 saturated heterocycles. The minimum Gasteiger partial charge on any atom is -0.491 e. The number of nitrogens with one attached hydrogen (secondary N) is 1. The van der Waals surface area contributed by atoms with E-state index in [1.807, 2.05) is 67.5 Å². The smallest absolute Gasteiger partial charge is 0.257 e. The number of halogens is 2. The van der Waals surface area contributed by atoms with Crippen molar-refractivity contribution < 1.29 is 19.4 Å². The van der Waals surface area contributed by atoms with E-state index in [4.69, 9.17) is 15.2 Å².